The lowest BCUT2D eigenvalue weighted by atomic mass is 9.98. The Balaban J connectivity index is 2.14. The summed E-state index contributed by atoms with van der Waals surface area (Å²) in [6.45, 7) is 1.88. The summed E-state index contributed by atoms with van der Waals surface area (Å²) in [6, 6.07) is 16.2. The van der Waals surface area contributed by atoms with Gasteiger partial charge in [0.15, 0.2) is 11.6 Å². The van der Waals surface area contributed by atoms with Crippen LogP contribution >= 0.6 is 0 Å². The first-order valence-corrected chi connectivity index (χ1v) is 5.85. The molecule has 0 atom stereocenters. The van der Waals surface area contributed by atoms with Gasteiger partial charge in [-0.2, -0.15) is 0 Å². The Morgan fingerprint density at radius 3 is 2.11 bits per heavy atom. The molecule has 0 radical (unpaired) electrons. The zero-order chi connectivity index (χ0) is 13.0. The first-order valence-electron chi connectivity index (χ1n) is 5.85. The Labute approximate surface area is 106 Å². The molecule has 0 aliphatic heterocycles. The van der Waals surface area contributed by atoms with E-state index in [9.17, 15) is 9.59 Å². The lowest BCUT2D eigenvalue weighted by Gasteiger charge is -2.04. The van der Waals surface area contributed by atoms with Crippen molar-refractivity contribution < 1.29 is 9.59 Å². The molecule has 0 aliphatic rings. The Bertz CT molecular complexity index is 571. The predicted octanol–water partition coefficient (Wildman–Crippen LogP) is 3.45. The monoisotopic (exact) mass is 238 g/mol. The molecule has 0 amide bonds. The van der Waals surface area contributed by atoms with Crippen LogP contribution in [0.1, 0.15) is 32.7 Å². The molecule has 2 aromatic carbocycles. The molecular formula is C16H14O2. The molecule has 90 valence electrons. The summed E-state index contributed by atoms with van der Waals surface area (Å²) >= 11 is 0. The van der Waals surface area contributed by atoms with Gasteiger partial charge in [-0.05, 0) is 12.5 Å². The molecule has 2 rings (SSSR count). The van der Waals surface area contributed by atoms with E-state index in [0.29, 0.717) is 11.1 Å². The summed E-state index contributed by atoms with van der Waals surface area (Å²) < 4.78 is 0. The largest absolute Gasteiger partial charge is 0.294 e. The number of Topliss-reactive ketones (excluding diaryl/α,β-unsaturated/α-hetero) is 2. The van der Waals surface area contributed by atoms with Crippen LogP contribution in [0.5, 0.6) is 0 Å². The van der Waals surface area contributed by atoms with Crippen molar-refractivity contribution in [2.75, 3.05) is 0 Å². The van der Waals surface area contributed by atoms with Crippen molar-refractivity contribution in [2.24, 2.45) is 0 Å². The summed E-state index contributed by atoms with van der Waals surface area (Å²) in [6.07, 6.45) is -0.0745. The number of rotatable bonds is 4. The fraction of sp³-hybridized carbons (Fsp3) is 0.125. The second-order valence-electron chi connectivity index (χ2n) is 4.20. The Morgan fingerprint density at radius 2 is 1.44 bits per heavy atom. The molecule has 0 bridgehead atoms. The zero-order valence-corrected chi connectivity index (χ0v) is 10.2. The van der Waals surface area contributed by atoms with Gasteiger partial charge in [0, 0.05) is 11.1 Å². The highest BCUT2D eigenvalue weighted by Gasteiger charge is 2.14. The summed E-state index contributed by atoms with van der Waals surface area (Å²) in [5.41, 5.74) is 2.12. The van der Waals surface area contributed by atoms with Gasteiger partial charge in [0.1, 0.15) is 0 Å². The second kappa shape index (κ2) is 5.41. The molecule has 2 heteroatoms. The van der Waals surface area contributed by atoms with Gasteiger partial charge < -0.3 is 0 Å². The fourth-order valence-corrected chi connectivity index (χ4v) is 1.85. The van der Waals surface area contributed by atoms with Crippen LogP contribution in [0.2, 0.25) is 0 Å². The smallest absolute Gasteiger partial charge is 0.170 e. The fourth-order valence-electron chi connectivity index (χ4n) is 1.85. The van der Waals surface area contributed by atoms with Crippen molar-refractivity contribution in [3.8, 4) is 0 Å². The molecule has 0 spiro atoms. The van der Waals surface area contributed by atoms with Crippen LogP contribution in [-0.4, -0.2) is 11.6 Å². The quantitative estimate of drug-likeness (QED) is 0.604. The van der Waals surface area contributed by atoms with Gasteiger partial charge in [-0.1, -0.05) is 54.6 Å². The maximum atomic E-state index is 12.0. The van der Waals surface area contributed by atoms with E-state index in [2.05, 4.69) is 0 Å². The number of ketones is 2. The minimum Gasteiger partial charge on any atom is -0.294 e. The molecule has 0 saturated heterocycles. The SMILES string of the molecule is Cc1ccccc1C(=O)CC(=O)c1ccccc1. The maximum absolute atomic E-state index is 12.0. The van der Waals surface area contributed by atoms with Crippen LogP contribution in [0, 0.1) is 6.92 Å². The number of carbonyl (C=O) groups excluding carboxylic acids is 2. The average Bonchev–Trinajstić information content (AvgIpc) is 2.40. The number of hydrogen-bond donors (Lipinski definition) is 0. The third-order valence-corrected chi connectivity index (χ3v) is 2.86. The van der Waals surface area contributed by atoms with Crippen molar-refractivity contribution in [1.82, 2.24) is 0 Å². The van der Waals surface area contributed by atoms with Gasteiger partial charge in [0.2, 0.25) is 0 Å². The van der Waals surface area contributed by atoms with E-state index in [1.165, 1.54) is 0 Å². The lowest BCUT2D eigenvalue weighted by molar-refractivity contribution is 0.0894. The summed E-state index contributed by atoms with van der Waals surface area (Å²) in [5, 5.41) is 0. The van der Waals surface area contributed by atoms with Gasteiger partial charge in [-0.15, -0.1) is 0 Å². The normalized spacial score (nSPS) is 10.1. The molecule has 18 heavy (non-hydrogen) atoms. The maximum Gasteiger partial charge on any atom is 0.170 e. The molecule has 2 aromatic rings. The minimum atomic E-state index is -0.135. The molecule has 2 nitrogen and oxygen atoms in total. The zero-order valence-electron chi connectivity index (χ0n) is 10.2. The highest BCUT2D eigenvalue weighted by atomic mass is 16.1. The van der Waals surface area contributed by atoms with Crippen molar-refractivity contribution in [1.29, 1.82) is 0 Å². The van der Waals surface area contributed by atoms with E-state index < -0.39 is 0 Å². The van der Waals surface area contributed by atoms with E-state index in [0.717, 1.165) is 5.56 Å². The third-order valence-electron chi connectivity index (χ3n) is 2.86. The van der Waals surface area contributed by atoms with Crippen LogP contribution in [0.15, 0.2) is 54.6 Å². The lowest BCUT2D eigenvalue weighted by Crippen LogP contribution is -2.09. The van der Waals surface area contributed by atoms with Crippen LogP contribution in [0.3, 0.4) is 0 Å². The van der Waals surface area contributed by atoms with E-state index in [1.807, 2.05) is 31.2 Å². The van der Waals surface area contributed by atoms with Crippen LogP contribution in [-0.2, 0) is 0 Å². The van der Waals surface area contributed by atoms with E-state index >= 15 is 0 Å². The van der Waals surface area contributed by atoms with Crippen molar-refractivity contribution >= 4 is 11.6 Å². The van der Waals surface area contributed by atoms with Gasteiger partial charge in [-0.3, -0.25) is 9.59 Å². The molecule has 0 saturated carbocycles. The van der Waals surface area contributed by atoms with Crippen molar-refractivity contribution in [3.05, 3.63) is 71.3 Å². The Kier molecular flexibility index (Phi) is 3.68. The predicted molar refractivity (Wildman–Crippen MR) is 70.9 cm³/mol. The van der Waals surface area contributed by atoms with Gasteiger partial charge >= 0.3 is 0 Å². The van der Waals surface area contributed by atoms with Crippen LogP contribution < -0.4 is 0 Å². The number of carbonyl (C=O) groups is 2. The summed E-state index contributed by atoms with van der Waals surface area (Å²) in [4.78, 5) is 23.9. The van der Waals surface area contributed by atoms with Gasteiger partial charge in [0.05, 0.1) is 6.42 Å². The highest BCUT2D eigenvalue weighted by Crippen LogP contribution is 2.12. The standard InChI is InChI=1S/C16H14O2/c1-12-7-5-6-10-14(12)16(18)11-15(17)13-8-3-2-4-9-13/h2-10H,11H2,1H3. The average molecular weight is 238 g/mol. The first-order chi connectivity index (χ1) is 8.68. The van der Waals surface area contributed by atoms with Crippen LogP contribution in [0.4, 0.5) is 0 Å². The van der Waals surface area contributed by atoms with Crippen LogP contribution in [0.25, 0.3) is 0 Å². The highest BCUT2D eigenvalue weighted by molar-refractivity contribution is 6.13. The molecule has 0 N–H and O–H groups in total. The van der Waals surface area contributed by atoms with Crippen molar-refractivity contribution in [2.45, 2.75) is 13.3 Å². The summed E-state index contributed by atoms with van der Waals surface area (Å²) in [7, 11) is 0. The molecule has 0 fully saturated rings. The molecule has 0 aromatic heterocycles. The number of benzene rings is 2. The number of hydrogen-bond acceptors (Lipinski definition) is 2. The van der Waals surface area contributed by atoms with E-state index in [-0.39, 0.29) is 18.0 Å². The topological polar surface area (TPSA) is 34.1 Å². The molecule has 0 heterocycles. The minimum absolute atomic E-state index is 0.0745. The van der Waals surface area contributed by atoms with E-state index in [1.54, 1.807) is 30.3 Å². The Morgan fingerprint density at radius 1 is 0.833 bits per heavy atom. The Hall–Kier alpha value is -2.22. The third kappa shape index (κ3) is 2.72. The van der Waals surface area contributed by atoms with Crippen molar-refractivity contribution in [3.63, 3.8) is 0 Å². The molecule has 0 unspecified atom stereocenters. The van der Waals surface area contributed by atoms with Gasteiger partial charge in [-0.25, -0.2) is 0 Å². The molecular weight excluding hydrogens is 224 g/mol. The van der Waals surface area contributed by atoms with Gasteiger partial charge in [0.25, 0.3) is 0 Å². The second-order valence-corrected chi connectivity index (χ2v) is 4.20. The summed E-state index contributed by atoms with van der Waals surface area (Å²) in [5.74, 6) is -0.259. The molecule has 0 aliphatic carbocycles. The number of aryl methyl sites for hydroxylation is 1. The first kappa shape index (κ1) is 12.2. The van der Waals surface area contributed by atoms with E-state index in [4.69, 9.17) is 0 Å².